The van der Waals surface area contributed by atoms with E-state index < -0.39 is 10.0 Å². The van der Waals surface area contributed by atoms with Crippen molar-refractivity contribution < 1.29 is 8.42 Å². The van der Waals surface area contributed by atoms with Crippen LogP contribution in [0.2, 0.25) is 0 Å². The van der Waals surface area contributed by atoms with Crippen molar-refractivity contribution in [3.05, 3.63) is 41.6 Å². The van der Waals surface area contributed by atoms with Gasteiger partial charge in [-0.15, -0.1) is 0 Å². The summed E-state index contributed by atoms with van der Waals surface area (Å²) in [5.41, 5.74) is 0.957. The second-order valence-corrected chi connectivity index (χ2v) is 7.34. The summed E-state index contributed by atoms with van der Waals surface area (Å²) in [6, 6.07) is 9.39. The van der Waals surface area contributed by atoms with Crippen LogP contribution in [0.3, 0.4) is 0 Å². The number of aromatic nitrogens is 2. The van der Waals surface area contributed by atoms with Crippen molar-refractivity contribution in [2.24, 2.45) is 0 Å². The Morgan fingerprint density at radius 2 is 2.00 bits per heavy atom. The third kappa shape index (κ3) is 3.41. The molecule has 0 fully saturated rings. The number of sulfonamides is 1. The van der Waals surface area contributed by atoms with Crippen molar-refractivity contribution in [1.29, 1.82) is 5.26 Å². The summed E-state index contributed by atoms with van der Waals surface area (Å²) in [5, 5.41) is 15.6. The lowest BCUT2D eigenvalue weighted by molar-refractivity contribution is 0.567. The van der Waals surface area contributed by atoms with Crippen LogP contribution in [0.1, 0.15) is 32.0 Å². The van der Waals surface area contributed by atoms with Crippen LogP contribution in [-0.2, 0) is 15.4 Å². The molecule has 0 saturated carbocycles. The number of nitrogens with zero attached hydrogens (tertiary/aromatic N) is 2. The first-order valence-electron chi connectivity index (χ1n) is 6.31. The zero-order chi connectivity index (χ0) is 15.7. The maximum absolute atomic E-state index is 12.3. The third-order valence-corrected chi connectivity index (χ3v) is 4.25. The predicted molar refractivity (Wildman–Crippen MR) is 79.3 cm³/mol. The number of rotatable bonds is 3. The first-order valence-corrected chi connectivity index (χ1v) is 7.79. The van der Waals surface area contributed by atoms with Gasteiger partial charge in [0.05, 0.1) is 16.5 Å². The van der Waals surface area contributed by atoms with Crippen LogP contribution in [-0.4, -0.2) is 18.6 Å². The maximum atomic E-state index is 12.3. The van der Waals surface area contributed by atoms with E-state index in [0.717, 1.165) is 5.69 Å². The molecule has 0 aliphatic carbocycles. The number of anilines is 1. The molecule has 0 aliphatic rings. The zero-order valence-electron chi connectivity index (χ0n) is 12.0. The molecule has 0 bridgehead atoms. The van der Waals surface area contributed by atoms with Crippen molar-refractivity contribution in [3.8, 4) is 6.07 Å². The molecule has 0 atom stereocenters. The lowest BCUT2D eigenvalue weighted by Gasteiger charge is -2.14. The van der Waals surface area contributed by atoms with Gasteiger partial charge in [-0.3, -0.25) is 9.82 Å². The van der Waals surface area contributed by atoms with Gasteiger partial charge in [0.25, 0.3) is 10.0 Å². The number of H-pyrrole nitrogens is 1. The quantitative estimate of drug-likeness (QED) is 0.909. The van der Waals surface area contributed by atoms with Gasteiger partial charge in [0.1, 0.15) is 0 Å². The van der Waals surface area contributed by atoms with Gasteiger partial charge < -0.3 is 0 Å². The van der Waals surface area contributed by atoms with E-state index in [2.05, 4.69) is 14.9 Å². The van der Waals surface area contributed by atoms with Crippen LogP contribution in [0.15, 0.2) is 35.2 Å². The molecule has 2 rings (SSSR count). The topological polar surface area (TPSA) is 98.6 Å². The fourth-order valence-corrected chi connectivity index (χ4v) is 2.73. The molecule has 0 unspecified atom stereocenters. The van der Waals surface area contributed by atoms with Crippen LogP contribution in [0, 0.1) is 11.3 Å². The second kappa shape index (κ2) is 5.22. The van der Waals surface area contributed by atoms with Crippen molar-refractivity contribution in [1.82, 2.24) is 10.2 Å². The lowest BCUT2D eigenvalue weighted by atomic mass is 9.92. The molecule has 1 aromatic carbocycles. The van der Waals surface area contributed by atoms with Crippen LogP contribution < -0.4 is 4.72 Å². The molecule has 0 saturated heterocycles. The number of nitriles is 1. The summed E-state index contributed by atoms with van der Waals surface area (Å²) in [6.07, 6.45) is 0. The Labute approximate surface area is 123 Å². The normalized spacial score (nSPS) is 11.9. The summed E-state index contributed by atoms with van der Waals surface area (Å²) in [6.45, 7) is 5.99. The van der Waals surface area contributed by atoms with Gasteiger partial charge in [-0.1, -0.05) is 26.8 Å². The van der Waals surface area contributed by atoms with Crippen LogP contribution >= 0.6 is 0 Å². The molecule has 1 heterocycles. The average molecular weight is 304 g/mol. The molecule has 0 aliphatic heterocycles. The first-order chi connectivity index (χ1) is 9.72. The van der Waals surface area contributed by atoms with Crippen LogP contribution in [0.5, 0.6) is 0 Å². The second-order valence-electron chi connectivity index (χ2n) is 5.66. The standard InChI is InChI=1S/C14H16N4O2S/c1-14(2,3)12-8-13(17-16-12)18-21(19,20)11-6-4-5-10(7-11)9-15/h4-8H,1-3H3,(H2,16,17,18). The van der Waals surface area contributed by atoms with Gasteiger partial charge in [0.2, 0.25) is 0 Å². The van der Waals surface area contributed by atoms with Crippen LogP contribution in [0.4, 0.5) is 5.82 Å². The van der Waals surface area contributed by atoms with E-state index in [0.29, 0.717) is 0 Å². The predicted octanol–water partition coefficient (Wildman–Crippen LogP) is 2.38. The lowest BCUT2D eigenvalue weighted by Crippen LogP contribution is -2.13. The Bertz CT molecular complexity index is 795. The Morgan fingerprint density at radius 3 is 2.57 bits per heavy atom. The molecule has 110 valence electrons. The minimum atomic E-state index is -3.76. The summed E-state index contributed by atoms with van der Waals surface area (Å²) in [7, 11) is -3.76. The molecular weight excluding hydrogens is 288 g/mol. The van der Waals surface area contributed by atoms with Crippen molar-refractivity contribution in [2.75, 3.05) is 4.72 Å². The van der Waals surface area contributed by atoms with Gasteiger partial charge in [-0.2, -0.15) is 10.4 Å². The number of nitrogens with one attached hydrogen (secondary N) is 2. The molecule has 7 heteroatoms. The summed E-state index contributed by atoms with van der Waals surface area (Å²) in [5.74, 6) is 0.224. The molecule has 1 aromatic heterocycles. The third-order valence-electron chi connectivity index (χ3n) is 2.90. The van der Waals surface area contributed by atoms with Gasteiger partial charge >= 0.3 is 0 Å². The first kappa shape index (κ1) is 15.1. The smallest absolute Gasteiger partial charge is 0.263 e. The highest BCUT2D eigenvalue weighted by atomic mass is 32.2. The van der Waals surface area contributed by atoms with Gasteiger partial charge in [-0.25, -0.2) is 8.42 Å². The van der Waals surface area contributed by atoms with Crippen molar-refractivity contribution in [3.63, 3.8) is 0 Å². The van der Waals surface area contributed by atoms with Gasteiger partial charge in [-0.05, 0) is 18.2 Å². The minimum Gasteiger partial charge on any atom is -0.280 e. The number of hydrogen-bond acceptors (Lipinski definition) is 4. The average Bonchev–Trinajstić information content (AvgIpc) is 2.86. The van der Waals surface area contributed by atoms with Crippen LogP contribution in [0.25, 0.3) is 0 Å². The zero-order valence-corrected chi connectivity index (χ0v) is 12.8. The summed E-state index contributed by atoms with van der Waals surface area (Å²) >= 11 is 0. The molecule has 2 aromatic rings. The Kier molecular flexibility index (Phi) is 3.75. The number of aromatic amines is 1. The van der Waals surface area contributed by atoms with E-state index in [-0.39, 0.29) is 21.7 Å². The van der Waals surface area contributed by atoms with E-state index in [1.165, 1.54) is 18.2 Å². The number of hydrogen-bond donors (Lipinski definition) is 2. The SMILES string of the molecule is CC(C)(C)c1cc(NS(=O)(=O)c2cccc(C#N)c2)n[nH]1. The molecule has 0 radical (unpaired) electrons. The highest BCUT2D eigenvalue weighted by Crippen LogP contribution is 2.23. The monoisotopic (exact) mass is 304 g/mol. The van der Waals surface area contributed by atoms with Gasteiger partial charge in [0, 0.05) is 17.2 Å². The van der Waals surface area contributed by atoms with Gasteiger partial charge in [0.15, 0.2) is 5.82 Å². The maximum Gasteiger partial charge on any atom is 0.263 e. The van der Waals surface area contributed by atoms with E-state index in [9.17, 15) is 8.42 Å². The fraction of sp³-hybridized carbons (Fsp3) is 0.286. The van der Waals surface area contributed by atoms with E-state index in [1.807, 2.05) is 26.8 Å². The molecular formula is C14H16N4O2S. The van der Waals surface area contributed by atoms with E-state index in [1.54, 1.807) is 12.1 Å². The Balaban J connectivity index is 2.29. The number of benzene rings is 1. The highest BCUT2D eigenvalue weighted by Gasteiger charge is 2.20. The molecule has 0 spiro atoms. The summed E-state index contributed by atoms with van der Waals surface area (Å²) < 4.78 is 26.9. The molecule has 21 heavy (non-hydrogen) atoms. The fourth-order valence-electron chi connectivity index (χ4n) is 1.69. The van der Waals surface area contributed by atoms with E-state index in [4.69, 9.17) is 5.26 Å². The highest BCUT2D eigenvalue weighted by molar-refractivity contribution is 7.92. The molecule has 6 nitrogen and oxygen atoms in total. The van der Waals surface area contributed by atoms with E-state index >= 15 is 0 Å². The Hall–Kier alpha value is -2.33. The van der Waals surface area contributed by atoms with Crippen molar-refractivity contribution in [2.45, 2.75) is 31.1 Å². The van der Waals surface area contributed by atoms with Crippen molar-refractivity contribution >= 4 is 15.8 Å². The molecule has 0 amide bonds. The summed E-state index contributed by atoms with van der Waals surface area (Å²) in [4.78, 5) is 0.0295. The molecule has 2 N–H and O–H groups in total. The minimum absolute atomic E-state index is 0.0295. The largest absolute Gasteiger partial charge is 0.280 e. The Morgan fingerprint density at radius 1 is 1.29 bits per heavy atom.